The lowest BCUT2D eigenvalue weighted by Gasteiger charge is -2.19. The van der Waals surface area contributed by atoms with Crippen LogP contribution in [0.2, 0.25) is 0 Å². The Bertz CT molecular complexity index is 806. The molecule has 1 atom stereocenters. The minimum atomic E-state index is -0.515. The van der Waals surface area contributed by atoms with Crippen LogP contribution in [0.15, 0.2) is 36.4 Å². The second-order valence-corrected chi connectivity index (χ2v) is 6.50. The highest BCUT2D eigenvalue weighted by Gasteiger charge is 2.39. The van der Waals surface area contributed by atoms with Gasteiger partial charge in [-0.2, -0.15) is 0 Å². The third-order valence-electron chi connectivity index (χ3n) is 4.70. The molecule has 0 aromatic heterocycles. The van der Waals surface area contributed by atoms with Gasteiger partial charge in [0.2, 0.25) is 5.91 Å². The number of para-hydroxylation sites is 1. The highest BCUT2D eigenvalue weighted by atomic mass is 16.2. The summed E-state index contributed by atoms with van der Waals surface area (Å²) < 4.78 is 0. The quantitative estimate of drug-likeness (QED) is 0.877. The third-order valence-corrected chi connectivity index (χ3v) is 4.70. The van der Waals surface area contributed by atoms with E-state index < -0.39 is 6.04 Å². The lowest BCUT2D eigenvalue weighted by atomic mass is 10.1. The van der Waals surface area contributed by atoms with Crippen LogP contribution < -0.4 is 10.2 Å². The summed E-state index contributed by atoms with van der Waals surface area (Å²) in [6.07, 6.45) is 0.180. The maximum Gasteiger partial charge on any atom is 0.256 e. The number of hydrogen-bond donors (Lipinski definition) is 1. The number of imide groups is 1. The Morgan fingerprint density at radius 2 is 1.58 bits per heavy atom. The predicted molar refractivity (Wildman–Crippen MR) is 96.4 cm³/mol. The molecule has 1 N–H and O–H groups in total. The number of anilines is 2. The first kappa shape index (κ1) is 16.2. The van der Waals surface area contributed by atoms with E-state index in [1.54, 1.807) is 0 Å². The number of nitrogens with one attached hydrogen (secondary N) is 1. The molecule has 0 aliphatic carbocycles. The van der Waals surface area contributed by atoms with Gasteiger partial charge in [-0.15, -0.1) is 0 Å². The minimum Gasteiger partial charge on any atom is -0.373 e. The van der Waals surface area contributed by atoms with Gasteiger partial charge in [0.05, 0.1) is 12.1 Å². The molecule has 1 aliphatic heterocycles. The van der Waals surface area contributed by atoms with E-state index in [-0.39, 0.29) is 18.2 Å². The fraction of sp³-hybridized carbons (Fsp3) is 0.300. The van der Waals surface area contributed by atoms with Crippen molar-refractivity contribution < 1.29 is 9.59 Å². The molecule has 1 saturated heterocycles. The van der Waals surface area contributed by atoms with Gasteiger partial charge in [0.25, 0.3) is 5.91 Å². The van der Waals surface area contributed by atoms with Crippen molar-refractivity contribution >= 4 is 23.2 Å². The maximum absolute atomic E-state index is 12.8. The van der Waals surface area contributed by atoms with Crippen molar-refractivity contribution in [2.75, 3.05) is 10.2 Å². The van der Waals surface area contributed by atoms with Crippen LogP contribution in [-0.4, -0.2) is 17.9 Å². The van der Waals surface area contributed by atoms with Crippen molar-refractivity contribution in [2.45, 2.75) is 40.2 Å². The smallest absolute Gasteiger partial charge is 0.256 e. The molecule has 1 aliphatic rings. The number of carbonyl (C=O) groups excluding carboxylic acids is 2. The number of nitrogens with zero attached hydrogens (tertiary/aromatic N) is 1. The lowest BCUT2D eigenvalue weighted by molar-refractivity contribution is -0.121. The molecule has 0 saturated carbocycles. The van der Waals surface area contributed by atoms with Crippen molar-refractivity contribution in [1.29, 1.82) is 0 Å². The van der Waals surface area contributed by atoms with Crippen molar-refractivity contribution in [2.24, 2.45) is 0 Å². The highest BCUT2D eigenvalue weighted by molar-refractivity contribution is 6.23. The zero-order valence-corrected chi connectivity index (χ0v) is 14.5. The van der Waals surface area contributed by atoms with Gasteiger partial charge in [0.15, 0.2) is 0 Å². The van der Waals surface area contributed by atoms with Gasteiger partial charge in [0.1, 0.15) is 6.04 Å². The summed E-state index contributed by atoms with van der Waals surface area (Å²) in [4.78, 5) is 26.5. The first-order valence-electron chi connectivity index (χ1n) is 8.15. The summed E-state index contributed by atoms with van der Waals surface area (Å²) in [6.45, 7) is 7.99. The van der Waals surface area contributed by atoms with Crippen LogP contribution in [0.25, 0.3) is 0 Å². The van der Waals surface area contributed by atoms with E-state index in [0.717, 1.165) is 27.9 Å². The molecule has 4 nitrogen and oxygen atoms in total. The van der Waals surface area contributed by atoms with Crippen molar-refractivity contribution in [3.63, 3.8) is 0 Å². The van der Waals surface area contributed by atoms with E-state index >= 15 is 0 Å². The number of amides is 2. The van der Waals surface area contributed by atoms with Crippen molar-refractivity contribution in [3.8, 4) is 0 Å². The molecule has 2 aromatic carbocycles. The second kappa shape index (κ2) is 6.11. The first-order chi connectivity index (χ1) is 11.4. The number of hydrogen-bond acceptors (Lipinski definition) is 3. The van der Waals surface area contributed by atoms with Gasteiger partial charge in [-0.25, -0.2) is 4.90 Å². The summed E-state index contributed by atoms with van der Waals surface area (Å²) in [6, 6.07) is 11.1. The van der Waals surface area contributed by atoms with Crippen LogP contribution in [0.1, 0.15) is 28.7 Å². The minimum absolute atomic E-state index is 0.160. The van der Waals surface area contributed by atoms with Gasteiger partial charge in [0, 0.05) is 5.69 Å². The summed E-state index contributed by atoms with van der Waals surface area (Å²) in [5.41, 5.74) is 5.94. The Morgan fingerprint density at radius 1 is 0.917 bits per heavy atom. The fourth-order valence-electron chi connectivity index (χ4n) is 3.10. The average molecular weight is 322 g/mol. The standard InChI is InChI=1S/C20H22N2O2/c1-12-8-9-16(10-15(12)4)22-18(23)11-17(20(22)24)21-19-13(2)6-5-7-14(19)3/h5-10,17,21H,11H2,1-4H3/t17-/m1/s1. The van der Waals surface area contributed by atoms with Crippen LogP contribution in [0, 0.1) is 27.7 Å². The largest absolute Gasteiger partial charge is 0.373 e. The van der Waals surface area contributed by atoms with E-state index in [2.05, 4.69) is 5.32 Å². The molecule has 0 unspecified atom stereocenters. The Hall–Kier alpha value is -2.62. The van der Waals surface area contributed by atoms with Crippen LogP contribution in [0.5, 0.6) is 0 Å². The van der Waals surface area contributed by atoms with Crippen LogP contribution in [0.4, 0.5) is 11.4 Å². The molecule has 1 heterocycles. The molecule has 3 rings (SSSR count). The Labute approximate surface area is 142 Å². The molecule has 0 bridgehead atoms. The topological polar surface area (TPSA) is 49.4 Å². The number of benzene rings is 2. The first-order valence-corrected chi connectivity index (χ1v) is 8.15. The van der Waals surface area contributed by atoms with Gasteiger partial charge in [-0.05, 0) is 62.1 Å². The SMILES string of the molecule is Cc1ccc(N2C(=O)C[C@@H](Nc3c(C)cccc3C)C2=O)cc1C. The average Bonchev–Trinajstić information content (AvgIpc) is 2.80. The van der Waals surface area contributed by atoms with Crippen LogP contribution in [0.3, 0.4) is 0 Å². The van der Waals surface area contributed by atoms with Gasteiger partial charge >= 0.3 is 0 Å². The Kier molecular flexibility index (Phi) is 4.14. The molecular weight excluding hydrogens is 300 g/mol. The summed E-state index contributed by atoms with van der Waals surface area (Å²) in [7, 11) is 0. The van der Waals surface area contributed by atoms with Gasteiger partial charge in [-0.3, -0.25) is 9.59 Å². The van der Waals surface area contributed by atoms with E-state index in [0.29, 0.717) is 5.69 Å². The van der Waals surface area contributed by atoms with Crippen molar-refractivity contribution in [1.82, 2.24) is 0 Å². The zero-order valence-electron chi connectivity index (χ0n) is 14.5. The number of carbonyl (C=O) groups is 2. The van der Waals surface area contributed by atoms with Gasteiger partial charge in [-0.1, -0.05) is 24.3 Å². The Balaban J connectivity index is 1.88. The lowest BCUT2D eigenvalue weighted by Crippen LogP contribution is -2.35. The highest BCUT2D eigenvalue weighted by Crippen LogP contribution is 2.28. The van der Waals surface area contributed by atoms with Crippen LogP contribution >= 0.6 is 0 Å². The van der Waals surface area contributed by atoms with Crippen LogP contribution in [-0.2, 0) is 9.59 Å². The zero-order chi connectivity index (χ0) is 17.4. The van der Waals surface area contributed by atoms with E-state index in [9.17, 15) is 9.59 Å². The van der Waals surface area contributed by atoms with Crippen molar-refractivity contribution in [3.05, 3.63) is 58.7 Å². The van der Waals surface area contributed by atoms with E-state index in [1.165, 1.54) is 4.90 Å². The fourth-order valence-corrected chi connectivity index (χ4v) is 3.10. The molecule has 2 aromatic rings. The predicted octanol–water partition coefficient (Wildman–Crippen LogP) is 3.66. The second-order valence-electron chi connectivity index (χ2n) is 6.50. The molecule has 2 amide bonds. The Morgan fingerprint density at radius 3 is 2.21 bits per heavy atom. The number of aryl methyl sites for hydroxylation is 4. The van der Waals surface area contributed by atoms with E-state index in [1.807, 2.05) is 64.1 Å². The third kappa shape index (κ3) is 2.80. The molecule has 124 valence electrons. The molecule has 4 heteroatoms. The maximum atomic E-state index is 12.8. The molecular formula is C20H22N2O2. The summed E-state index contributed by atoms with van der Waals surface area (Å²) >= 11 is 0. The monoisotopic (exact) mass is 322 g/mol. The molecule has 1 fully saturated rings. The molecule has 24 heavy (non-hydrogen) atoms. The molecule has 0 radical (unpaired) electrons. The number of rotatable bonds is 3. The summed E-state index contributed by atoms with van der Waals surface area (Å²) in [5, 5.41) is 3.27. The molecule has 0 spiro atoms. The van der Waals surface area contributed by atoms with E-state index in [4.69, 9.17) is 0 Å². The normalized spacial score (nSPS) is 17.5. The summed E-state index contributed by atoms with van der Waals surface area (Å²) in [5.74, 6) is -0.349. The van der Waals surface area contributed by atoms with Gasteiger partial charge < -0.3 is 5.32 Å².